The number of thioether (sulfide) groups is 1. The molecule has 1 fully saturated rings. The number of non-ortho nitro benzene ring substituents is 1. The predicted octanol–water partition coefficient (Wildman–Crippen LogP) is 5.79. The number of thiazole rings is 1. The number of halogens is 1. The van der Waals surface area contributed by atoms with Crippen molar-refractivity contribution in [2.75, 3.05) is 4.90 Å². The molecule has 3 atom stereocenters. The van der Waals surface area contributed by atoms with E-state index in [1.165, 1.54) is 23.1 Å². The van der Waals surface area contributed by atoms with E-state index in [1.807, 2.05) is 31.2 Å². The van der Waals surface area contributed by atoms with Crippen molar-refractivity contribution in [1.82, 2.24) is 4.98 Å². The Morgan fingerprint density at radius 3 is 2.52 bits per heavy atom. The topological polar surface area (TPSA) is 123 Å². The SMILES string of the molecule is Cc1ccccc1COc1ccc([N+](=O)[O-])cc1[C@H]1c2sc(=O)[nH]c2SC2C(=O)N(c3ccc(Br)cc3)C(=O)C21. The molecular weight excluding hydrogens is 618 g/mol. The summed E-state index contributed by atoms with van der Waals surface area (Å²) in [6, 6.07) is 18.8. The minimum absolute atomic E-state index is 0.181. The molecule has 12 heteroatoms. The molecule has 2 aliphatic rings. The zero-order chi connectivity index (χ0) is 28.1. The first kappa shape index (κ1) is 26.5. The number of carbonyl (C=O) groups excluding carboxylic acids is 2. The first-order valence-corrected chi connectivity index (χ1v) is 14.7. The van der Waals surface area contributed by atoms with Gasteiger partial charge >= 0.3 is 4.87 Å². The molecule has 6 rings (SSSR count). The number of imide groups is 1. The second-order valence-corrected chi connectivity index (χ2v) is 12.5. The highest BCUT2D eigenvalue weighted by molar-refractivity contribution is 9.10. The first-order valence-electron chi connectivity index (χ1n) is 12.2. The van der Waals surface area contributed by atoms with Gasteiger partial charge in [0.2, 0.25) is 11.8 Å². The van der Waals surface area contributed by atoms with Crippen LogP contribution < -0.4 is 14.5 Å². The van der Waals surface area contributed by atoms with Crippen LogP contribution in [0.4, 0.5) is 11.4 Å². The van der Waals surface area contributed by atoms with E-state index in [9.17, 15) is 24.5 Å². The maximum absolute atomic E-state index is 14.0. The summed E-state index contributed by atoms with van der Waals surface area (Å²) < 4.78 is 7.02. The van der Waals surface area contributed by atoms with E-state index >= 15 is 0 Å². The minimum atomic E-state index is -0.900. The lowest BCUT2D eigenvalue weighted by atomic mass is 9.82. The molecule has 0 radical (unpaired) electrons. The Kier molecular flexibility index (Phi) is 6.85. The van der Waals surface area contributed by atoms with Crippen molar-refractivity contribution in [3.8, 4) is 5.75 Å². The lowest BCUT2D eigenvalue weighted by Gasteiger charge is -2.30. The average Bonchev–Trinajstić information content (AvgIpc) is 3.43. The van der Waals surface area contributed by atoms with E-state index in [2.05, 4.69) is 20.9 Å². The van der Waals surface area contributed by atoms with Crippen LogP contribution >= 0.6 is 39.0 Å². The Morgan fingerprint density at radius 2 is 1.80 bits per heavy atom. The summed E-state index contributed by atoms with van der Waals surface area (Å²) in [5.41, 5.74) is 2.59. The molecule has 0 spiro atoms. The van der Waals surface area contributed by atoms with Crippen LogP contribution in [0.3, 0.4) is 0 Å². The number of H-pyrrole nitrogens is 1. The first-order chi connectivity index (χ1) is 19.2. The second kappa shape index (κ2) is 10.3. The highest BCUT2D eigenvalue weighted by atomic mass is 79.9. The Balaban J connectivity index is 1.48. The molecule has 1 aromatic heterocycles. The predicted molar refractivity (Wildman–Crippen MR) is 155 cm³/mol. The number of nitrogens with zero attached hydrogens (tertiary/aromatic N) is 2. The van der Waals surface area contributed by atoms with E-state index in [4.69, 9.17) is 4.74 Å². The molecule has 2 unspecified atom stereocenters. The number of carbonyl (C=O) groups is 2. The molecule has 0 aliphatic carbocycles. The van der Waals surface area contributed by atoms with Crippen LogP contribution in [0.5, 0.6) is 5.75 Å². The van der Waals surface area contributed by atoms with Gasteiger partial charge in [0.1, 0.15) is 17.6 Å². The van der Waals surface area contributed by atoms with Gasteiger partial charge < -0.3 is 9.72 Å². The minimum Gasteiger partial charge on any atom is -0.489 e. The number of nitrogens with one attached hydrogen (secondary N) is 1. The molecular formula is C28H20BrN3O6S2. The van der Waals surface area contributed by atoms with Gasteiger partial charge in [-0.05, 0) is 48.4 Å². The van der Waals surface area contributed by atoms with Crippen LogP contribution in [-0.2, 0) is 16.2 Å². The van der Waals surface area contributed by atoms with Crippen molar-refractivity contribution in [3.05, 3.63) is 113 Å². The Morgan fingerprint density at radius 1 is 1.05 bits per heavy atom. The van der Waals surface area contributed by atoms with Crippen LogP contribution in [0, 0.1) is 23.0 Å². The number of aromatic amines is 1. The lowest BCUT2D eigenvalue weighted by Crippen LogP contribution is -2.32. The summed E-state index contributed by atoms with van der Waals surface area (Å²) in [4.78, 5) is 55.6. The Labute approximate surface area is 244 Å². The molecule has 40 heavy (non-hydrogen) atoms. The number of nitro groups is 1. The number of hydrogen-bond acceptors (Lipinski definition) is 8. The van der Waals surface area contributed by atoms with Gasteiger partial charge in [-0.2, -0.15) is 0 Å². The average molecular weight is 639 g/mol. The van der Waals surface area contributed by atoms with Gasteiger partial charge in [-0.25, -0.2) is 4.90 Å². The highest BCUT2D eigenvalue weighted by Gasteiger charge is 2.57. The van der Waals surface area contributed by atoms with Gasteiger partial charge in [-0.1, -0.05) is 63.3 Å². The van der Waals surface area contributed by atoms with Gasteiger partial charge in [0, 0.05) is 33.0 Å². The van der Waals surface area contributed by atoms with Crippen LogP contribution in [-0.4, -0.2) is 27.0 Å². The second-order valence-electron chi connectivity index (χ2n) is 9.43. The van der Waals surface area contributed by atoms with Crippen molar-refractivity contribution in [1.29, 1.82) is 0 Å². The third-order valence-corrected chi connectivity index (χ3v) is 10.0. The molecule has 2 aliphatic heterocycles. The monoisotopic (exact) mass is 637 g/mol. The molecule has 9 nitrogen and oxygen atoms in total. The van der Waals surface area contributed by atoms with E-state index in [-0.39, 0.29) is 17.2 Å². The van der Waals surface area contributed by atoms with E-state index < -0.39 is 33.8 Å². The maximum atomic E-state index is 14.0. The fraction of sp³-hybridized carbons (Fsp3) is 0.179. The van der Waals surface area contributed by atoms with E-state index in [1.54, 1.807) is 24.3 Å². The summed E-state index contributed by atoms with van der Waals surface area (Å²) in [6.07, 6.45) is 0. The summed E-state index contributed by atoms with van der Waals surface area (Å²) >= 11 is 5.46. The summed E-state index contributed by atoms with van der Waals surface area (Å²) in [7, 11) is 0. The number of rotatable bonds is 6. The fourth-order valence-electron chi connectivity index (χ4n) is 5.15. The number of amides is 2. The van der Waals surface area contributed by atoms with Crippen molar-refractivity contribution in [2.24, 2.45) is 5.92 Å². The zero-order valence-corrected chi connectivity index (χ0v) is 24.0. The molecule has 3 heterocycles. The largest absolute Gasteiger partial charge is 0.489 e. The number of benzene rings is 3. The Hall–Kier alpha value is -3.74. The van der Waals surface area contributed by atoms with Crippen LogP contribution in [0.1, 0.15) is 27.5 Å². The van der Waals surface area contributed by atoms with Crippen LogP contribution in [0.15, 0.2) is 81.0 Å². The Bertz CT molecular complexity index is 1730. The molecule has 3 aromatic carbocycles. The normalized spacial score (nSPS) is 19.9. The molecule has 0 bridgehead atoms. The number of fused-ring (bicyclic) bond motifs is 2. The van der Waals surface area contributed by atoms with Gasteiger partial charge in [0.25, 0.3) is 5.69 Å². The summed E-state index contributed by atoms with van der Waals surface area (Å²) in [5, 5.41) is 11.5. The van der Waals surface area contributed by atoms with Crippen molar-refractivity contribution < 1.29 is 19.2 Å². The molecule has 1 N–H and O–H groups in total. The van der Waals surface area contributed by atoms with Crippen molar-refractivity contribution in [2.45, 2.75) is 29.7 Å². The third kappa shape index (κ3) is 4.55. The number of hydrogen-bond donors (Lipinski definition) is 1. The molecule has 4 aromatic rings. The molecule has 2 amide bonds. The van der Waals surface area contributed by atoms with Crippen LogP contribution in [0.25, 0.3) is 0 Å². The summed E-state index contributed by atoms with van der Waals surface area (Å²) in [6.45, 7) is 2.16. The smallest absolute Gasteiger partial charge is 0.305 e. The number of nitro benzene ring substituents is 1. The number of ether oxygens (including phenoxy) is 1. The number of aromatic nitrogens is 1. The number of aryl methyl sites for hydroxylation is 1. The zero-order valence-electron chi connectivity index (χ0n) is 20.8. The number of anilines is 1. The van der Waals surface area contributed by atoms with Crippen molar-refractivity contribution in [3.63, 3.8) is 0 Å². The van der Waals surface area contributed by atoms with Gasteiger partial charge in [-0.3, -0.25) is 24.5 Å². The highest BCUT2D eigenvalue weighted by Crippen LogP contribution is 2.55. The molecule has 1 saturated heterocycles. The maximum Gasteiger partial charge on any atom is 0.305 e. The van der Waals surface area contributed by atoms with E-state index in [0.29, 0.717) is 26.9 Å². The van der Waals surface area contributed by atoms with Crippen molar-refractivity contribution >= 4 is 62.2 Å². The quantitative estimate of drug-likeness (QED) is 0.161. The molecule has 0 saturated carbocycles. The van der Waals surface area contributed by atoms with Crippen LogP contribution in [0.2, 0.25) is 0 Å². The van der Waals surface area contributed by atoms with Gasteiger partial charge in [-0.15, -0.1) is 0 Å². The lowest BCUT2D eigenvalue weighted by molar-refractivity contribution is -0.385. The van der Waals surface area contributed by atoms with Gasteiger partial charge in [0.05, 0.1) is 21.6 Å². The fourth-order valence-corrected chi connectivity index (χ4v) is 7.92. The third-order valence-electron chi connectivity index (χ3n) is 7.09. The molecule has 202 valence electrons. The standard InChI is InChI=1S/C28H20BrN3O6S2/c1-14-4-2-3-5-15(14)13-38-20-11-10-18(32(36)37)12-19(20)21-22-24(39-25-23(21)40-28(35)30-25)27(34)31(26(22)33)17-8-6-16(29)7-9-17/h2-12,21-22,24H,13H2,1H3,(H,30,35)/t21-,22?,24?/m1/s1. The van der Waals surface area contributed by atoms with E-state index in [0.717, 1.165) is 38.7 Å². The van der Waals surface area contributed by atoms with Gasteiger partial charge in [0.15, 0.2) is 0 Å². The summed E-state index contributed by atoms with van der Waals surface area (Å²) in [5.74, 6) is -2.20.